The van der Waals surface area contributed by atoms with E-state index in [4.69, 9.17) is 0 Å². The average molecular weight is 172 g/mol. The molecule has 0 amide bonds. The van der Waals surface area contributed by atoms with Gasteiger partial charge < -0.3 is 9.80 Å². The fourth-order valence-electron chi connectivity index (χ4n) is 0.934. The van der Waals surface area contributed by atoms with E-state index in [1.807, 2.05) is 0 Å². The SMILES string of the molecule is CC(C)N(C)CC(C)(C)N(C)C. The predicted octanol–water partition coefficient (Wildman–Crippen LogP) is 1.67. The Balaban J connectivity index is 4.05. The van der Waals surface area contributed by atoms with Gasteiger partial charge in [0.25, 0.3) is 0 Å². The van der Waals surface area contributed by atoms with E-state index in [0.29, 0.717) is 6.04 Å². The molecule has 0 aromatic carbocycles. The molecule has 2 nitrogen and oxygen atoms in total. The molecule has 0 aliphatic carbocycles. The monoisotopic (exact) mass is 172 g/mol. The summed E-state index contributed by atoms with van der Waals surface area (Å²) in [7, 11) is 6.44. The number of nitrogens with zero attached hydrogens (tertiary/aromatic N) is 2. The average Bonchev–Trinajstić information content (AvgIpc) is 1.85. The molecule has 0 radical (unpaired) electrons. The summed E-state index contributed by atoms with van der Waals surface area (Å²) in [5, 5.41) is 0. The zero-order chi connectivity index (χ0) is 9.94. The molecule has 74 valence electrons. The largest absolute Gasteiger partial charge is 0.303 e. The summed E-state index contributed by atoms with van der Waals surface area (Å²) in [5.41, 5.74) is 0.263. The first kappa shape index (κ1) is 11.9. The smallest absolute Gasteiger partial charge is 0.0274 e. The second-order valence-corrected chi connectivity index (χ2v) is 4.72. The van der Waals surface area contributed by atoms with Crippen molar-refractivity contribution in [1.82, 2.24) is 9.80 Å². The van der Waals surface area contributed by atoms with Crippen LogP contribution >= 0.6 is 0 Å². The Kier molecular flexibility index (Phi) is 4.21. The van der Waals surface area contributed by atoms with Gasteiger partial charge in [-0.1, -0.05) is 0 Å². The van der Waals surface area contributed by atoms with Gasteiger partial charge in [-0.25, -0.2) is 0 Å². The molecule has 0 N–H and O–H groups in total. The third-order valence-electron chi connectivity index (χ3n) is 2.73. The number of hydrogen-bond donors (Lipinski definition) is 0. The number of hydrogen-bond acceptors (Lipinski definition) is 2. The van der Waals surface area contributed by atoms with Gasteiger partial charge in [-0.2, -0.15) is 0 Å². The van der Waals surface area contributed by atoms with Crippen molar-refractivity contribution in [1.29, 1.82) is 0 Å². The second kappa shape index (κ2) is 4.24. The van der Waals surface area contributed by atoms with Gasteiger partial charge in [0.05, 0.1) is 0 Å². The summed E-state index contributed by atoms with van der Waals surface area (Å²) in [6.07, 6.45) is 0. The molecular weight excluding hydrogens is 148 g/mol. The van der Waals surface area contributed by atoms with Gasteiger partial charge in [-0.3, -0.25) is 0 Å². The van der Waals surface area contributed by atoms with Crippen molar-refractivity contribution in [2.45, 2.75) is 39.3 Å². The molecule has 0 saturated heterocycles. The van der Waals surface area contributed by atoms with Crippen molar-refractivity contribution in [2.24, 2.45) is 0 Å². The third kappa shape index (κ3) is 3.55. The molecule has 0 aromatic heterocycles. The van der Waals surface area contributed by atoms with Crippen LogP contribution in [-0.4, -0.2) is 49.1 Å². The Hall–Kier alpha value is -0.0800. The van der Waals surface area contributed by atoms with Crippen LogP contribution in [0.2, 0.25) is 0 Å². The summed E-state index contributed by atoms with van der Waals surface area (Å²) in [6, 6.07) is 0.629. The summed E-state index contributed by atoms with van der Waals surface area (Å²) >= 11 is 0. The van der Waals surface area contributed by atoms with E-state index < -0.39 is 0 Å². The Bertz CT molecular complexity index is 128. The summed E-state index contributed by atoms with van der Waals surface area (Å²) in [5.74, 6) is 0. The van der Waals surface area contributed by atoms with Crippen molar-refractivity contribution in [3.63, 3.8) is 0 Å². The van der Waals surface area contributed by atoms with Gasteiger partial charge in [-0.15, -0.1) is 0 Å². The standard InChI is InChI=1S/C10H24N2/c1-9(2)12(7)8-10(3,4)11(5)6/h9H,8H2,1-7H3. The molecule has 12 heavy (non-hydrogen) atoms. The molecule has 0 rings (SSSR count). The van der Waals surface area contributed by atoms with E-state index in [0.717, 1.165) is 6.54 Å². The maximum absolute atomic E-state index is 2.38. The first-order chi connectivity index (χ1) is 5.27. The zero-order valence-electron chi connectivity index (χ0n) is 9.68. The minimum atomic E-state index is 0.263. The molecule has 0 fully saturated rings. The molecule has 0 saturated carbocycles. The molecule has 0 atom stereocenters. The van der Waals surface area contributed by atoms with Crippen LogP contribution < -0.4 is 0 Å². The lowest BCUT2D eigenvalue weighted by molar-refractivity contribution is 0.118. The zero-order valence-corrected chi connectivity index (χ0v) is 9.68. The quantitative estimate of drug-likeness (QED) is 0.636. The molecule has 0 aromatic rings. The van der Waals surface area contributed by atoms with Gasteiger partial charge in [0.2, 0.25) is 0 Å². The van der Waals surface area contributed by atoms with Crippen molar-refractivity contribution >= 4 is 0 Å². The van der Waals surface area contributed by atoms with Crippen LogP contribution in [-0.2, 0) is 0 Å². The Labute approximate surface area is 77.5 Å². The Morgan fingerprint density at radius 1 is 1.08 bits per heavy atom. The summed E-state index contributed by atoms with van der Waals surface area (Å²) in [4.78, 5) is 4.64. The molecule has 0 aliphatic rings. The maximum Gasteiger partial charge on any atom is 0.0274 e. The van der Waals surface area contributed by atoms with E-state index in [2.05, 4.69) is 58.6 Å². The predicted molar refractivity (Wildman–Crippen MR) is 55.5 cm³/mol. The molecule has 0 bridgehead atoms. The van der Waals surface area contributed by atoms with Crippen molar-refractivity contribution in [3.05, 3.63) is 0 Å². The maximum atomic E-state index is 2.38. The van der Waals surface area contributed by atoms with Gasteiger partial charge in [-0.05, 0) is 48.8 Å². The number of likely N-dealkylation sites (N-methyl/N-ethyl adjacent to an activating group) is 2. The summed E-state index contributed by atoms with van der Waals surface area (Å²) < 4.78 is 0. The lowest BCUT2D eigenvalue weighted by Gasteiger charge is -2.37. The molecule has 0 heterocycles. The fourth-order valence-corrected chi connectivity index (χ4v) is 0.934. The van der Waals surface area contributed by atoms with Crippen LogP contribution in [0, 0.1) is 0 Å². The van der Waals surface area contributed by atoms with Crippen LogP contribution in [0.25, 0.3) is 0 Å². The Morgan fingerprint density at radius 2 is 1.50 bits per heavy atom. The van der Waals surface area contributed by atoms with Crippen molar-refractivity contribution in [3.8, 4) is 0 Å². The highest BCUT2D eigenvalue weighted by molar-refractivity contribution is 4.81. The Morgan fingerprint density at radius 3 is 1.75 bits per heavy atom. The van der Waals surface area contributed by atoms with E-state index >= 15 is 0 Å². The molecular formula is C10H24N2. The topological polar surface area (TPSA) is 6.48 Å². The van der Waals surface area contributed by atoms with Gasteiger partial charge >= 0.3 is 0 Å². The highest BCUT2D eigenvalue weighted by Crippen LogP contribution is 2.12. The van der Waals surface area contributed by atoms with Crippen LogP contribution in [0.4, 0.5) is 0 Å². The second-order valence-electron chi connectivity index (χ2n) is 4.72. The van der Waals surface area contributed by atoms with E-state index in [9.17, 15) is 0 Å². The first-order valence-corrected chi connectivity index (χ1v) is 4.65. The van der Waals surface area contributed by atoms with Crippen LogP contribution in [0.3, 0.4) is 0 Å². The van der Waals surface area contributed by atoms with E-state index in [-0.39, 0.29) is 5.54 Å². The van der Waals surface area contributed by atoms with E-state index in [1.165, 1.54) is 0 Å². The summed E-state index contributed by atoms with van der Waals surface area (Å²) in [6.45, 7) is 10.1. The lowest BCUT2D eigenvalue weighted by Crippen LogP contribution is -2.48. The van der Waals surface area contributed by atoms with E-state index in [1.54, 1.807) is 0 Å². The van der Waals surface area contributed by atoms with Crippen molar-refractivity contribution in [2.75, 3.05) is 27.7 Å². The third-order valence-corrected chi connectivity index (χ3v) is 2.73. The van der Waals surface area contributed by atoms with Gasteiger partial charge in [0.15, 0.2) is 0 Å². The van der Waals surface area contributed by atoms with Gasteiger partial charge in [0, 0.05) is 18.1 Å². The van der Waals surface area contributed by atoms with Crippen LogP contribution in [0.1, 0.15) is 27.7 Å². The highest BCUT2D eigenvalue weighted by Gasteiger charge is 2.22. The van der Waals surface area contributed by atoms with Crippen LogP contribution in [0.15, 0.2) is 0 Å². The fraction of sp³-hybridized carbons (Fsp3) is 1.00. The molecule has 0 unspecified atom stereocenters. The van der Waals surface area contributed by atoms with Crippen molar-refractivity contribution < 1.29 is 0 Å². The van der Waals surface area contributed by atoms with Crippen LogP contribution in [0.5, 0.6) is 0 Å². The van der Waals surface area contributed by atoms with Gasteiger partial charge in [0.1, 0.15) is 0 Å². The minimum Gasteiger partial charge on any atom is -0.303 e. The minimum absolute atomic E-state index is 0.263. The molecule has 2 heteroatoms. The number of rotatable bonds is 4. The molecule has 0 spiro atoms. The molecule has 0 aliphatic heterocycles. The normalized spacial score (nSPS) is 13.5. The highest BCUT2D eigenvalue weighted by atomic mass is 15.2. The first-order valence-electron chi connectivity index (χ1n) is 4.65. The lowest BCUT2D eigenvalue weighted by atomic mass is 10.0.